The van der Waals surface area contributed by atoms with Gasteiger partial charge in [-0.05, 0) is 42.4 Å². The molecule has 182 valence electrons. The molecule has 2 aliphatic heterocycles. The zero-order valence-corrected chi connectivity index (χ0v) is 20.3. The molecule has 3 heterocycles. The predicted molar refractivity (Wildman–Crippen MR) is 131 cm³/mol. The summed E-state index contributed by atoms with van der Waals surface area (Å²) in [6.07, 6.45) is 1.26. The lowest BCUT2D eigenvalue weighted by Gasteiger charge is -2.40. The van der Waals surface area contributed by atoms with Crippen molar-refractivity contribution >= 4 is 45.4 Å². The number of rotatable bonds is 3. The number of anilines is 1. The van der Waals surface area contributed by atoms with Crippen molar-refractivity contribution in [1.82, 2.24) is 14.5 Å². The summed E-state index contributed by atoms with van der Waals surface area (Å²) in [5.41, 5.74) is 0.0416. The SMILES string of the molecule is C=CC(=O)N1CCN(c2nc(=O)n3c4c(c(-c5ccc(F)cc5F)c(Cl)cc24)[S@+]([O-])CC3)[C@@H](C)C1. The molecule has 7 nitrogen and oxygen atoms in total. The highest BCUT2D eigenvalue weighted by Crippen LogP contribution is 2.44. The predicted octanol–water partition coefficient (Wildman–Crippen LogP) is 3.34. The van der Waals surface area contributed by atoms with Crippen molar-refractivity contribution in [2.24, 2.45) is 0 Å². The summed E-state index contributed by atoms with van der Waals surface area (Å²) in [7, 11) is 0. The molecule has 1 fully saturated rings. The fraction of sp³-hybridized carbons (Fsp3) is 0.292. The quantitative estimate of drug-likeness (QED) is 0.392. The Morgan fingerprint density at radius 3 is 2.74 bits per heavy atom. The van der Waals surface area contributed by atoms with Crippen LogP contribution in [0.3, 0.4) is 0 Å². The Morgan fingerprint density at radius 1 is 1.29 bits per heavy atom. The van der Waals surface area contributed by atoms with Gasteiger partial charge in [0.05, 0.1) is 17.1 Å². The highest BCUT2D eigenvalue weighted by molar-refractivity contribution is 7.91. The molecule has 11 heteroatoms. The largest absolute Gasteiger partial charge is 0.611 e. The third kappa shape index (κ3) is 3.89. The summed E-state index contributed by atoms with van der Waals surface area (Å²) in [4.78, 5) is 33.3. The Bertz CT molecular complexity index is 1450. The van der Waals surface area contributed by atoms with E-state index >= 15 is 0 Å². The van der Waals surface area contributed by atoms with E-state index in [9.17, 15) is 22.9 Å². The first kappa shape index (κ1) is 23.8. The molecule has 3 aromatic rings. The number of halogens is 3. The lowest BCUT2D eigenvalue weighted by atomic mass is 10.0. The van der Waals surface area contributed by atoms with Gasteiger partial charge in [-0.25, -0.2) is 13.6 Å². The Kier molecular flexibility index (Phi) is 6.06. The van der Waals surface area contributed by atoms with E-state index < -0.39 is 28.5 Å². The first-order chi connectivity index (χ1) is 16.7. The van der Waals surface area contributed by atoms with E-state index in [-0.39, 0.29) is 45.3 Å². The number of nitrogens with zero attached hydrogens (tertiary/aromatic N) is 4. The summed E-state index contributed by atoms with van der Waals surface area (Å²) in [6, 6.07) is 4.51. The van der Waals surface area contributed by atoms with Crippen molar-refractivity contribution in [3.05, 3.63) is 64.1 Å². The van der Waals surface area contributed by atoms with Gasteiger partial charge in [0.1, 0.15) is 28.7 Å². The molecule has 0 unspecified atom stereocenters. The average molecular weight is 519 g/mol. The summed E-state index contributed by atoms with van der Waals surface area (Å²) in [5, 5.41) is 0.633. The van der Waals surface area contributed by atoms with Crippen molar-refractivity contribution in [2.45, 2.75) is 24.4 Å². The summed E-state index contributed by atoms with van der Waals surface area (Å²) in [6.45, 7) is 6.86. The normalized spacial score (nSPS) is 19.8. The average Bonchev–Trinajstić information content (AvgIpc) is 2.82. The van der Waals surface area contributed by atoms with Gasteiger partial charge >= 0.3 is 5.69 Å². The van der Waals surface area contributed by atoms with Crippen molar-refractivity contribution in [3.8, 4) is 11.1 Å². The standard InChI is InChI=1S/C24H21ClF2N4O3S/c1-3-19(32)29-6-7-30(13(2)12-29)23-16-11-17(25)20(15-5-4-14(26)10-18(15)27)22-21(16)31(24(33)28-23)8-9-35(22)34/h3-5,10-11,13H,1,6-9,12H2,2H3/t13-,35+/m0/s1. The Hall–Kier alpha value is -2.95. The molecule has 1 amide bonds. The molecule has 0 spiro atoms. The maximum atomic E-state index is 14.8. The van der Waals surface area contributed by atoms with E-state index in [0.717, 1.165) is 12.1 Å². The molecule has 0 radical (unpaired) electrons. The van der Waals surface area contributed by atoms with Crippen LogP contribution in [0.5, 0.6) is 0 Å². The highest BCUT2D eigenvalue weighted by Gasteiger charge is 2.35. The number of carbonyl (C=O) groups is 1. The van der Waals surface area contributed by atoms with Crippen LogP contribution in [0, 0.1) is 11.6 Å². The number of carbonyl (C=O) groups excluding carboxylic acids is 1. The second-order valence-electron chi connectivity index (χ2n) is 8.53. The number of hydrogen-bond donors (Lipinski definition) is 0. The number of amides is 1. The first-order valence-corrected chi connectivity index (χ1v) is 12.7. The minimum Gasteiger partial charge on any atom is -0.611 e. The highest BCUT2D eigenvalue weighted by atomic mass is 35.5. The van der Waals surface area contributed by atoms with Crippen LogP contribution >= 0.6 is 11.6 Å². The van der Waals surface area contributed by atoms with Crippen LogP contribution in [0.2, 0.25) is 5.02 Å². The van der Waals surface area contributed by atoms with Crippen molar-refractivity contribution < 1.29 is 18.1 Å². The molecule has 0 bridgehead atoms. The van der Waals surface area contributed by atoms with Crippen molar-refractivity contribution in [1.29, 1.82) is 0 Å². The number of aryl methyl sites for hydroxylation is 1. The van der Waals surface area contributed by atoms with Gasteiger partial charge < -0.3 is 14.4 Å². The van der Waals surface area contributed by atoms with Gasteiger partial charge in [-0.1, -0.05) is 18.2 Å². The lowest BCUT2D eigenvalue weighted by molar-refractivity contribution is -0.126. The number of benzene rings is 2. The Labute approximate surface area is 207 Å². The molecule has 35 heavy (non-hydrogen) atoms. The minimum absolute atomic E-state index is 0.00540. The number of piperazine rings is 1. The van der Waals surface area contributed by atoms with Gasteiger partial charge in [0.15, 0.2) is 4.90 Å². The van der Waals surface area contributed by atoms with Gasteiger partial charge in [0.25, 0.3) is 0 Å². The van der Waals surface area contributed by atoms with Crippen LogP contribution in [0.15, 0.2) is 46.6 Å². The van der Waals surface area contributed by atoms with E-state index in [4.69, 9.17) is 11.6 Å². The molecular formula is C24H21ClF2N4O3S. The fourth-order valence-corrected chi connectivity index (χ4v) is 6.63. The van der Waals surface area contributed by atoms with E-state index in [1.165, 1.54) is 16.7 Å². The third-order valence-electron chi connectivity index (χ3n) is 6.46. The topological polar surface area (TPSA) is 81.5 Å². The van der Waals surface area contributed by atoms with E-state index in [1.807, 2.05) is 11.8 Å². The van der Waals surface area contributed by atoms with E-state index in [0.29, 0.717) is 36.4 Å². The van der Waals surface area contributed by atoms with Gasteiger partial charge in [-0.15, -0.1) is 0 Å². The van der Waals surface area contributed by atoms with E-state index in [2.05, 4.69) is 11.6 Å². The zero-order chi connectivity index (χ0) is 25.0. The van der Waals surface area contributed by atoms with Crippen LogP contribution in [0.1, 0.15) is 6.92 Å². The maximum absolute atomic E-state index is 14.8. The Balaban J connectivity index is 1.74. The molecular weight excluding hydrogens is 498 g/mol. The molecule has 0 saturated carbocycles. The molecule has 5 rings (SSSR count). The minimum atomic E-state index is -1.58. The van der Waals surface area contributed by atoms with Crippen molar-refractivity contribution in [2.75, 3.05) is 30.3 Å². The number of hydrogen-bond acceptors (Lipinski definition) is 5. The Morgan fingerprint density at radius 2 is 2.06 bits per heavy atom. The smallest absolute Gasteiger partial charge is 0.350 e. The van der Waals surface area contributed by atoms with Crippen LogP contribution in [0.25, 0.3) is 22.0 Å². The molecule has 2 aliphatic rings. The van der Waals surface area contributed by atoms with Gasteiger partial charge in [-0.2, -0.15) is 4.98 Å². The first-order valence-electron chi connectivity index (χ1n) is 11.0. The van der Waals surface area contributed by atoms with Crippen LogP contribution in [-0.4, -0.2) is 56.3 Å². The van der Waals surface area contributed by atoms with Crippen molar-refractivity contribution in [3.63, 3.8) is 0 Å². The van der Waals surface area contributed by atoms with E-state index in [1.54, 1.807) is 11.0 Å². The summed E-state index contributed by atoms with van der Waals surface area (Å²) >= 11 is 5.07. The second-order valence-corrected chi connectivity index (χ2v) is 10.4. The molecule has 0 aliphatic carbocycles. The molecule has 1 aromatic heterocycles. The van der Waals surface area contributed by atoms with Crippen LogP contribution in [0.4, 0.5) is 14.6 Å². The number of aromatic nitrogens is 2. The van der Waals surface area contributed by atoms with Gasteiger partial charge in [0, 0.05) is 42.7 Å². The van der Waals surface area contributed by atoms with Crippen LogP contribution in [-0.2, 0) is 22.5 Å². The second kappa shape index (κ2) is 8.92. The van der Waals surface area contributed by atoms with Crippen LogP contribution < -0.4 is 10.6 Å². The molecule has 2 atom stereocenters. The lowest BCUT2D eigenvalue weighted by Crippen LogP contribution is -2.54. The maximum Gasteiger partial charge on any atom is 0.350 e. The summed E-state index contributed by atoms with van der Waals surface area (Å²) < 4.78 is 43.1. The summed E-state index contributed by atoms with van der Waals surface area (Å²) in [5.74, 6) is -1.26. The molecule has 1 saturated heterocycles. The van der Waals surface area contributed by atoms with Gasteiger partial charge in [-0.3, -0.25) is 9.36 Å². The fourth-order valence-electron chi connectivity index (χ4n) is 4.83. The molecule has 0 N–H and O–H groups in total. The third-order valence-corrected chi connectivity index (χ3v) is 8.17. The zero-order valence-electron chi connectivity index (χ0n) is 18.8. The van der Waals surface area contributed by atoms with Gasteiger partial charge in [0.2, 0.25) is 5.91 Å². The molecule has 2 aromatic carbocycles. The monoisotopic (exact) mass is 518 g/mol.